The van der Waals surface area contributed by atoms with E-state index in [1.807, 2.05) is 12.1 Å². The van der Waals surface area contributed by atoms with Crippen molar-refractivity contribution in [1.82, 2.24) is 4.90 Å². The summed E-state index contributed by atoms with van der Waals surface area (Å²) in [5, 5.41) is 0. The fourth-order valence-electron chi connectivity index (χ4n) is 3.76. The van der Waals surface area contributed by atoms with E-state index in [1.54, 1.807) is 0 Å². The summed E-state index contributed by atoms with van der Waals surface area (Å²) < 4.78 is 5.90. The first kappa shape index (κ1) is 20.2. The van der Waals surface area contributed by atoms with Gasteiger partial charge in [-0.25, -0.2) is 0 Å². The lowest BCUT2D eigenvalue weighted by atomic mass is 9.66. The Morgan fingerprint density at radius 1 is 1.00 bits per heavy atom. The van der Waals surface area contributed by atoms with Gasteiger partial charge in [-0.2, -0.15) is 0 Å². The third-order valence-electron chi connectivity index (χ3n) is 5.31. The molecule has 0 bridgehead atoms. The molecule has 0 saturated carbocycles. The van der Waals surface area contributed by atoms with Crippen LogP contribution in [0.3, 0.4) is 0 Å². The monoisotopic (exact) mass is 353 g/mol. The van der Waals surface area contributed by atoms with Crippen molar-refractivity contribution in [1.29, 1.82) is 0 Å². The quantitative estimate of drug-likeness (QED) is 0.647. The Hall–Kier alpha value is -2.13. The average molecular weight is 354 g/mol. The molecule has 0 aliphatic rings. The number of benzene rings is 2. The minimum atomic E-state index is -0.396. The van der Waals surface area contributed by atoms with Crippen molar-refractivity contribution < 1.29 is 9.53 Å². The zero-order valence-corrected chi connectivity index (χ0v) is 16.6. The first-order valence-corrected chi connectivity index (χ1v) is 9.36. The van der Waals surface area contributed by atoms with Crippen LogP contribution in [-0.2, 0) is 14.9 Å². The van der Waals surface area contributed by atoms with Gasteiger partial charge in [-0.3, -0.25) is 4.79 Å². The topological polar surface area (TPSA) is 29.5 Å². The van der Waals surface area contributed by atoms with Crippen LogP contribution in [0.25, 0.3) is 0 Å². The number of hydrogen-bond acceptors (Lipinski definition) is 3. The number of hydrogen-bond donors (Lipinski definition) is 0. The second-order valence-corrected chi connectivity index (χ2v) is 7.23. The molecule has 2 aromatic rings. The van der Waals surface area contributed by atoms with Crippen molar-refractivity contribution >= 4 is 5.97 Å². The molecule has 0 aromatic heterocycles. The van der Waals surface area contributed by atoms with Gasteiger partial charge in [-0.15, -0.1) is 0 Å². The Morgan fingerprint density at radius 2 is 1.46 bits per heavy atom. The highest BCUT2D eigenvalue weighted by Gasteiger charge is 2.44. The van der Waals surface area contributed by atoms with Crippen LogP contribution < -0.4 is 0 Å². The van der Waals surface area contributed by atoms with Crippen LogP contribution in [0, 0.1) is 0 Å². The Morgan fingerprint density at radius 3 is 1.81 bits per heavy atom. The maximum Gasteiger partial charge on any atom is 0.302 e. The first-order chi connectivity index (χ1) is 12.4. The molecule has 140 valence electrons. The molecule has 26 heavy (non-hydrogen) atoms. The second kappa shape index (κ2) is 9.00. The van der Waals surface area contributed by atoms with E-state index in [0.717, 1.165) is 12.8 Å². The number of nitrogens with zero attached hydrogens (tertiary/aromatic N) is 1. The van der Waals surface area contributed by atoms with Crippen LogP contribution in [0.4, 0.5) is 0 Å². The summed E-state index contributed by atoms with van der Waals surface area (Å²) in [6.45, 7) is 5.81. The lowest BCUT2D eigenvalue weighted by Crippen LogP contribution is -2.47. The molecule has 0 radical (unpaired) electrons. The van der Waals surface area contributed by atoms with E-state index >= 15 is 0 Å². The van der Waals surface area contributed by atoms with Gasteiger partial charge in [0.15, 0.2) is 0 Å². The molecule has 0 aliphatic heterocycles. The normalized spacial score (nSPS) is 14.1. The number of carbonyl (C=O) groups excluding carboxylic acids is 1. The molecule has 0 saturated heterocycles. The highest BCUT2D eigenvalue weighted by atomic mass is 16.5. The largest absolute Gasteiger partial charge is 0.461 e. The average Bonchev–Trinajstić information content (AvgIpc) is 2.65. The van der Waals surface area contributed by atoms with E-state index in [9.17, 15) is 4.79 Å². The molecule has 0 aliphatic carbocycles. The van der Waals surface area contributed by atoms with Crippen LogP contribution in [0.1, 0.15) is 44.7 Å². The van der Waals surface area contributed by atoms with Gasteiger partial charge in [0.05, 0.1) is 5.41 Å². The maximum atomic E-state index is 11.9. The smallest absolute Gasteiger partial charge is 0.302 e. The molecule has 2 aromatic carbocycles. The van der Waals surface area contributed by atoms with Crippen molar-refractivity contribution in [3.8, 4) is 0 Å². The van der Waals surface area contributed by atoms with Gasteiger partial charge >= 0.3 is 5.97 Å². The SMILES string of the molecule is CC[C@H](OC(C)=O)C(C[C@@H](C)N(C)C)(c1ccccc1)c1ccccc1. The fraction of sp³-hybridized carbons (Fsp3) is 0.435. The minimum absolute atomic E-state index is 0.229. The summed E-state index contributed by atoms with van der Waals surface area (Å²) in [6.07, 6.45) is 1.38. The molecule has 0 amide bonds. The molecule has 0 heterocycles. The van der Waals surface area contributed by atoms with Crippen LogP contribution in [-0.4, -0.2) is 37.1 Å². The Labute approximate surface area is 158 Å². The molecule has 2 rings (SSSR count). The van der Waals surface area contributed by atoms with Gasteiger partial charge in [-0.05, 0) is 45.0 Å². The Balaban J connectivity index is 2.71. The highest BCUT2D eigenvalue weighted by Crippen LogP contribution is 2.43. The number of esters is 1. The standard InChI is InChI=1S/C23H31NO2/c1-6-22(26-19(3)25)23(17-18(2)24(4)5,20-13-9-7-10-14-20)21-15-11-8-12-16-21/h7-16,18,22H,6,17H2,1-5H3/t18-,22+/m1/s1. The van der Waals surface area contributed by atoms with Crippen LogP contribution in [0.15, 0.2) is 60.7 Å². The van der Waals surface area contributed by atoms with Crippen molar-refractivity contribution in [2.75, 3.05) is 14.1 Å². The summed E-state index contributed by atoms with van der Waals surface area (Å²) in [6, 6.07) is 21.2. The molecule has 0 N–H and O–H groups in total. The van der Waals surface area contributed by atoms with E-state index in [1.165, 1.54) is 18.1 Å². The van der Waals surface area contributed by atoms with Crippen molar-refractivity contribution in [3.05, 3.63) is 71.8 Å². The maximum absolute atomic E-state index is 11.9. The predicted molar refractivity (Wildman–Crippen MR) is 107 cm³/mol. The first-order valence-electron chi connectivity index (χ1n) is 9.36. The summed E-state index contributed by atoms with van der Waals surface area (Å²) in [5.41, 5.74) is 1.98. The Bertz CT molecular complexity index is 642. The molecule has 0 spiro atoms. The van der Waals surface area contributed by atoms with Gasteiger partial charge in [0.25, 0.3) is 0 Å². The fourth-order valence-corrected chi connectivity index (χ4v) is 3.76. The number of rotatable bonds is 8. The van der Waals surface area contributed by atoms with Gasteiger partial charge in [-0.1, -0.05) is 67.6 Å². The zero-order valence-electron chi connectivity index (χ0n) is 16.6. The third kappa shape index (κ3) is 4.34. The number of ether oxygens (including phenoxy) is 1. The molecule has 0 unspecified atom stereocenters. The third-order valence-corrected chi connectivity index (χ3v) is 5.31. The van der Waals surface area contributed by atoms with E-state index in [2.05, 4.69) is 81.4 Å². The van der Waals surface area contributed by atoms with Crippen LogP contribution >= 0.6 is 0 Å². The van der Waals surface area contributed by atoms with E-state index in [-0.39, 0.29) is 12.1 Å². The van der Waals surface area contributed by atoms with Gasteiger partial charge in [0.1, 0.15) is 6.10 Å². The summed E-state index contributed by atoms with van der Waals surface area (Å²) in [5.74, 6) is -0.231. The zero-order chi connectivity index (χ0) is 19.2. The highest BCUT2D eigenvalue weighted by molar-refractivity contribution is 5.66. The lowest BCUT2D eigenvalue weighted by Gasteiger charge is -2.43. The number of carbonyl (C=O) groups is 1. The van der Waals surface area contributed by atoms with E-state index in [4.69, 9.17) is 4.74 Å². The summed E-state index contributed by atoms with van der Waals surface area (Å²) in [7, 11) is 4.19. The Kier molecular flexibility index (Phi) is 6.98. The molecular formula is C23H31NO2. The molecule has 3 nitrogen and oxygen atoms in total. The summed E-state index contributed by atoms with van der Waals surface area (Å²) >= 11 is 0. The van der Waals surface area contributed by atoms with E-state index in [0.29, 0.717) is 6.04 Å². The van der Waals surface area contributed by atoms with Crippen molar-refractivity contribution in [2.24, 2.45) is 0 Å². The van der Waals surface area contributed by atoms with Crippen molar-refractivity contribution in [2.45, 2.75) is 51.2 Å². The predicted octanol–water partition coefficient (Wildman–Crippen LogP) is 4.65. The lowest BCUT2D eigenvalue weighted by molar-refractivity contribution is -0.150. The summed E-state index contributed by atoms with van der Waals surface area (Å²) in [4.78, 5) is 14.1. The van der Waals surface area contributed by atoms with Crippen molar-refractivity contribution in [3.63, 3.8) is 0 Å². The van der Waals surface area contributed by atoms with Crippen LogP contribution in [0.2, 0.25) is 0 Å². The second-order valence-electron chi connectivity index (χ2n) is 7.23. The van der Waals surface area contributed by atoms with Gasteiger partial charge < -0.3 is 9.64 Å². The molecular weight excluding hydrogens is 322 g/mol. The van der Waals surface area contributed by atoms with Gasteiger partial charge in [0, 0.05) is 13.0 Å². The molecule has 0 fully saturated rings. The molecule has 2 atom stereocenters. The van der Waals surface area contributed by atoms with Gasteiger partial charge in [0.2, 0.25) is 0 Å². The minimum Gasteiger partial charge on any atom is -0.461 e. The van der Waals surface area contributed by atoms with Crippen LogP contribution in [0.5, 0.6) is 0 Å². The van der Waals surface area contributed by atoms with E-state index < -0.39 is 5.41 Å². The molecule has 3 heteroatoms.